The molecule has 0 atom stereocenters. The maximum Gasteiger partial charge on any atom is 0.113 e. The van der Waals surface area contributed by atoms with E-state index in [9.17, 15) is 0 Å². The van der Waals surface area contributed by atoms with Gasteiger partial charge in [-0.15, -0.1) is 45.3 Å². The Morgan fingerprint density at radius 3 is 2.09 bits per heavy atom. The normalized spacial score (nSPS) is 12.1. The van der Waals surface area contributed by atoms with E-state index < -0.39 is 0 Å². The van der Waals surface area contributed by atoms with Crippen molar-refractivity contribution in [2.75, 3.05) is 0 Å². The van der Waals surface area contributed by atoms with Crippen molar-refractivity contribution in [3.63, 3.8) is 0 Å². The molecule has 8 aromatic heterocycles. The van der Waals surface area contributed by atoms with Crippen LogP contribution < -0.4 is 0 Å². The molecule has 0 N–H and O–H groups in total. The standard InChI is InChI=1S/C38H24N4S4/c1-21-13-22(19-43-21)32-16-34-35(45-32)17-33(46-34)23-14-36(44-20-23)42-30-10-6-4-8-25(30)27-15-28(40-18-31(27)42)37-38-26(11-12-39-37)24-7-3-5-9-29(24)41(38)2/h3-20H,1-2H3. The molecule has 0 spiro atoms. The second-order valence-electron chi connectivity index (χ2n) is 11.6. The molecule has 0 bridgehead atoms. The first kappa shape index (κ1) is 26.6. The van der Waals surface area contributed by atoms with Gasteiger partial charge in [0.05, 0.1) is 28.4 Å². The summed E-state index contributed by atoms with van der Waals surface area (Å²) in [5.41, 5.74) is 8.98. The van der Waals surface area contributed by atoms with Crippen LogP contribution in [-0.4, -0.2) is 19.1 Å². The molecule has 0 aliphatic heterocycles. The maximum absolute atomic E-state index is 5.05. The summed E-state index contributed by atoms with van der Waals surface area (Å²) in [5.74, 6) is 0. The van der Waals surface area contributed by atoms with Crippen LogP contribution in [0.3, 0.4) is 0 Å². The number of hydrogen-bond donors (Lipinski definition) is 0. The van der Waals surface area contributed by atoms with Crippen LogP contribution in [0.5, 0.6) is 0 Å². The smallest absolute Gasteiger partial charge is 0.113 e. The van der Waals surface area contributed by atoms with Gasteiger partial charge >= 0.3 is 0 Å². The number of hydrogen-bond acceptors (Lipinski definition) is 6. The second kappa shape index (κ2) is 9.95. The van der Waals surface area contributed by atoms with Crippen molar-refractivity contribution < 1.29 is 0 Å². The first-order valence-electron chi connectivity index (χ1n) is 15.0. The van der Waals surface area contributed by atoms with E-state index in [0.29, 0.717) is 0 Å². The minimum absolute atomic E-state index is 0.884. The summed E-state index contributed by atoms with van der Waals surface area (Å²) in [4.78, 5) is 13.9. The third kappa shape index (κ3) is 3.88. The zero-order valence-corrected chi connectivity index (χ0v) is 28.1. The maximum atomic E-state index is 5.05. The number of rotatable bonds is 4. The predicted octanol–water partition coefficient (Wildman–Crippen LogP) is 11.9. The zero-order chi connectivity index (χ0) is 30.5. The van der Waals surface area contributed by atoms with Gasteiger partial charge in [0.2, 0.25) is 0 Å². The van der Waals surface area contributed by atoms with E-state index in [1.807, 2.05) is 46.4 Å². The molecule has 2 aromatic carbocycles. The lowest BCUT2D eigenvalue weighted by Gasteiger charge is -2.07. The Morgan fingerprint density at radius 2 is 1.33 bits per heavy atom. The molecule has 10 rings (SSSR count). The molecule has 46 heavy (non-hydrogen) atoms. The van der Waals surface area contributed by atoms with E-state index >= 15 is 0 Å². The summed E-state index contributed by atoms with van der Waals surface area (Å²) in [7, 11) is 2.12. The summed E-state index contributed by atoms with van der Waals surface area (Å²) >= 11 is 7.37. The van der Waals surface area contributed by atoms with Crippen LogP contribution in [0.1, 0.15) is 4.88 Å². The fraction of sp³-hybridized carbons (Fsp3) is 0.0526. The van der Waals surface area contributed by atoms with Crippen LogP contribution in [-0.2, 0) is 7.05 Å². The first-order valence-corrected chi connectivity index (χ1v) is 18.4. The average Bonchev–Trinajstić information content (AvgIpc) is 3.92. The van der Waals surface area contributed by atoms with E-state index in [-0.39, 0.29) is 0 Å². The second-order valence-corrected chi connectivity index (χ2v) is 15.8. The Balaban J connectivity index is 1.09. The van der Waals surface area contributed by atoms with Gasteiger partial charge in [0, 0.05) is 80.8 Å². The van der Waals surface area contributed by atoms with Gasteiger partial charge in [-0.3, -0.25) is 14.5 Å². The van der Waals surface area contributed by atoms with Gasteiger partial charge in [0.1, 0.15) is 10.7 Å². The molecule has 0 saturated carbocycles. The van der Waals surface area contributed by atoms with Crippen molar-refractivity contribution in [1.29, 1.82) is 0 Å². The first-order chi connectivity index (χ1) is 22.6. The van der Waals surface area contributed by atoms with Gasteiger partial charge in [-0.1, -0.05) is 36.4 Å². The Kier molecular flexibility index (Phi) is 5.75. The van der Waals surface area contributed by atoms with Crippen LogP contribution in [0.15, 0.2) is 108 Å². The van der Waals surface area contributed by atoms with E-state index in [4.69, 9.17) is 9.97 Å². The number of benzene rings is 2. The summed E-state index contributed by atoms with van der Waals surface area (Å²) in [6, 6.07) is 30.9. The van der Waals surface area contributed by atoms with Crippen molar-refractivity contribution >= 4 is 98.4 Å². The molecular formula is C38H24N4S4. The summed E-state index contributed by atoms with van der Waals surface area (Å²) < 4.78 is 7.33. The lowest BCUT2D eigenvalue weighted by molar-refractivity contribution is 1.01. The van der Waals surface area contributed by atoms with E-state index in [0.717, 1.165) is 22.4 Å². The molecule has 0 fully saturated rings. The summed E-state index contributed by atoms with van der Waals surface area (Å²) in [6.45, 7) is 2.17. The number of aromatic nitrogens is 4. The monoisotopic (exact) mass is 664 g/mol. The number of pyridine rings is 2. The molecule has 0 saturated heterocycles. The van der Waals surface area contributed by atoms with Gasteiger partial charge in [-0.05, 0) is 60.8 Å². The van der Waals surface area contributed by atoms with Gasteiger partial charge in [-0.2, -0.15) is 0 Å². The number of para-hydroxylation sites is 2. The van der Waals surface area contributed by atoms with Crippen LogP contribution in [0.4, 0.5) is 0 Å². The highest BCUT2D eigenvalue weighted by Crippen LogP contribution is 2.44. The Bertz CT molecular complexity index is 2770. The molecule has 0 amide bonds. The Morgan fingerprint density at radius 1 is 0.630 bits per heavy atom. The number of aryl methyl sites for hydroxylation is 2. The number of thiophene rings is 4. The predicted molar refractivity (Wildman–Crippen MR) is 200 cm³/mol. The molecule has 4 nitrogen and oxygen atoms in total. The Labute approximate surface area is 280 Å². The zero-order valence-electron chi connectivity index (χ0n) is 24.8. The van der Waals surface area contributed by atoms with Crippen molar-refractivity contribution in [3.8, 4) is 37.3 Å². The van der Waals surface area contributed by atoms with Crippen molar-refractivity contribution in [2.45, 2.75) is 6.92 Å². The third-order valence-corrected chi connectivity index (χ3v) is 13.1. The highest BCUT2D eigenvalue weighted by atomic mass is 32.1. The molecule has 0 aliphatic rings. The fourth-order valence-electron chi connectivity index (χ4n) is 6.81. The van der Waals surface area contributed by atoms with Crippen molar-refractivity contribution in [2.24, 2.45) is 7.05 Å². The quantitative estimate of drug-likeness (QED) is 0.188. The highest BCUT2D eigenvalue weighted by molar-refractivity contribution is 7.31. The van der Waals surface area contributed by atoms with E-state index in [1.54, 1.807) is 11.3 Å². The van der Waals surface area contributed by atoms with E-state index in [1.165, 1.54) is 72.7 Å². The highest BCUT2D eigenvalue weighted by Gasteiger charge is 2.19. The minimum atomic E-state index is 0.884. The molecule has 0 radical (unpaired) electrons. The van der Waals surface area contributed by atoms with Crippen LogP contribution >= 0.6 is 45.3 Å². The molecule has 0 aliphatic carbocycles. The summed E-state index contributed by atoms with van der Waals surface area (Å²) in [5, 5.41) is 10.6. The molecule has 8 heteroatoms. The third-order valence-electron chi connectivity index (χ3n) is 8.93. The molecular weight excluding hydrogens is 641 g/mol. The lowest BCUT2D eigenvalue weighted by atomic mass is 10.1. The topological polar surface area (TPSA) is 35.6 Å². The van der Waals surface area contributed by atoms with Gasteiger partial charge in [0.25, 0.3) is 0 Å². The Hall–Kier alpha value is -4.60. The molecule has 0 unspecified atom stereocenters. The van der Waals surface area contributed by atoms with Crippen molar-refractivity contribution in [1.82, 2.24) is 19.1 Å². The number of fused-ring (bicyclic) bond motifs is 7. The van der Waals surface area contributed by atoms with Crippen LogP contribution in [0.2, 0.25) is 0 Å². The molecule has 220 valence electrons. The van der Waals surface area contributed by atoms with Gasteiger partial charge < -0.3 is 4.57 Å². The van der Waals surface area contributed by atoms with E-state index in [2.05, 4.69) is 119 Å². The largest absolute Gasteiger partial charge is 0.342 e. The minimum Gasteiger partial charge on any atom is -0.342 e. The van der Waals surface area contributed by atoms with Crippen LogP contribution in [0, 0.1) is 6.92 Å². The summed E-state index contributed by atoms with van der Waals surface area (Å²) in [6.07, 6.45) is 3.94. The average molecular weight is 665 g/mol. The molecule has 8 heterocycles. The molecule has 10 aromatic rings. The van der Waals surface area contributed by atoms with Gasteiger partial charge in [-0.25, -0.2) is 0 Å². The number of nitrogens with zero attached hydrogens (tertiary/aromatic N) is 4. The van der Waals surface area contributed by atoms with Crippen LogP contribution in [0.25, 0.3) is 90.3 Å². The SMILES string of the molecule is Cc1cc(-c2cc3sc(-c4csc(-n5c6ccccc6c6cc(-c7nccc8c9ccccc9n(C)c78)ncc65)c4)cc3s2)cs1. The van der Waals surface area contributed by atoms with Crippen molar-refractivity contribution in [3.05, 3.63) is 113 Å². The van der Waals surface area contributed by atoms with Gasteiger partial charge in [0.15, 0.2) is 0 Å². The lowest BCUT2D eigenvalue weighted by Crippen LogP contribution is -1.95. The fourth-order valence-corrected chi connectivity index (χ4v) is 11.0.